The summed E-state index contributed by atoms with van der Waals surface area (Å²) in [5, 5.41) is 31.7. The number of carbonyl (C=O) groups excluding carboxylic acids is 2. The minimum Gasteiger partial charge on any atom is -0.503 e. The van der Waals surface area contributed by atoms with Crippen LogP contribution in [0.3, 0.4) is 0 Å². The van der Waals surface area contributed by atoms with Gasteiger partial charge in [-0.05, 0) is 68.3 Å². The Hall–Kier alpha value is -4.30. The summed E-state index contributed by atoms with van der Waals surface area (Å²) in [4.78, 5) is 32.6. The lowest BCUT2D eigenvalue weighted by Gasteiger charge is -2.60. The van der Waals surface area contributed by atoms with Crippen molar-refractivity contribution in [2.45, 2.75) is 106 Å². The number of fused-ring (bicyclic) bond motifs is 8. The van der Waals surface area contributed by atoms with E-state index in [0.29, 0.717) is 49.2 Å². The minimum atomic E-state index is -0.924. The number of carbonyl (C=O) groups is 2. The van der Waals surface area contributed by atoms with Crippen LogP contribution >= 0.6 is 0 Å². The molecule has 2 aromatic rings. The Morgan fingerprint density at radius 2 is 1.61 bits per heavy atom. The van der Waals surface area contributed by atoms with Gasteiger partial charge in [0.15, 0.2) is 11.5 Å². The van der Waals surface area contributed by atoms with Crippen LogP contribution < -0.4 is 20.1 Å². The van der Waals surface area contributed by atoms with Crippen molar-refractivity contribution < 1.29 is 43.5 Å². The molecule has 8 heterocycles. The number of hydrogen-bond acceptors (Lipinski definition) is 13. The second-order valence-corrected chi connectivity index (χ2v) is 18.0. The topological polar surface area (TPSA) is 155 Å². The number of nitrogens with zero attached hydrogens (tertiary/aromatic N) is 2. The molecule has 11 atom stereocenters. The lowest BCUT2D eigenvalue weighted by Crippen LogP contribution is -2.69. The normalized spacial score (nSPS) is 41.1. The molecule has 2 aromatic carbocycles. The van der Waals surface area contributed by atoms with Gasteiger partial charge >= 0.3 is 11.9 Å². The number of piperidine rings is 2. The van der Waals surface area contributed by atoms with Crippen molar-refractivity contribution in [3.05, 3.63) is 63.5 Å². The number of hydrogen-bond donors (Lipinski definition) is 4. The highest BCUT2D eigenvalue weighted by Gasteiger charge is 2.76. The molecule has 2 spiro atoms. The maximum atomic E-state index is 13.7. The number of phenolic OH excluding ortho intramolecular Hbond substituents is 1. The van der Waals surface area contributed by atoms with E-state index in [1.807, 2.05) is 6.07 Å². The predicted molar refractivity (Wildman–Crippen MR) is 201 cm³/mol. The third-order valence-electron chi connectivity index (χ3n) is 16.7. The number of epoxide rings is 1. The number of anilines is 2. The minimum absolute atomic E-state index is 0.000744. The predicted octanol–water partition coefficient (Wildman–Crippen LogP) is 3.99. The number of aliphatic hydroxyl groups is 1. The summed E-state index contributed by atoms with van der Waals surface area (Å²) in [6, 6.07) is 7.91. The summed E-state index contributed by atoms with van der Waals surface area (Å²) >= 11 is 0. The van der Waals surface area contributed by atoms with Crippen molar-refractivity contribution in [2.24, 2.45) is 10.8 Å². The number of aromatic hydroxyl groups is 1. The van der Waals surface area contributed by atoms with Gasteiger partial charge in [-0.15, -0.1) is 0 Å². The summed E-state index contributed by atoms with van der Waals surface area (Å²) in [5.74, 6) is 0.346. The standard InChI is InChI=1S/C43H48N4O9/c1-6-40-16-20(36(50)53-4)33-42(22-8-9-25(52-3)30(48)28(22)45-33)11-13-47(39(40)42)29-19-14-23-24(15-26(19)55-31(29)34(40)49)44-32-21(37(51)54-5)17-41(7-2)35-27(56-35)18-46-12-10-43(23,32)38(41)46/h8-9,14-15,27,29,31,34-35,38-39,44-45,48-49H,6-7,10-13,16-18H2,1-5H3/t27-,29-,31+,34-,35-,38+,39+,40-,41-,42+,43+/m1/s1. The van der Waals surface area contributed by atoms with Crippen LogP contribution in [-0.2, 0) is 34.6 Å². The van der Waals surface area contributed by atoms with Gasteiger partial charge in [0.25, 0.3) is 0 Å². The first-order chi connectivity index (χ1) is 27.1. The van der Waals surface area contributed by atoms with Crippen molar-refractivity contribution >= 4 is 23.3 Å². The number of esters is 2. The smallest absolute Gasteiger partial charge is 0.335 e. The summed E-state index contributed by atoms with van der Waals surface area (Å²) in [5.41, 5.74) is 5.34. The lowest BCUT2D eigenvalue weighted by molar-refractivity contribution is -0.168. The molecule has 13 nitrogen and oxygen atoms in total. The monoisotopic (exact) mass is 764 g/mol. The molecule has 13 heteroatoms. The highest BCUT2D eigenvalue weighted by atomic mass is 16.6. The van der Waals surface area contributed by atoms with E-state index >= 15 is 0 Å². The van der Waals surface area contributed by atoms with Crippen molar-refractivity contribution in [1.82, 2.24) is 9.80 Å². The number of phenols is 1. The highest BCUT2D eigenvalue weighted by molar-refractivity contribution is 5.95. The van der Waals surface area contributed by atoms with Crippen molar-refractivity contribution in [3.63, 3.8) is 0 Å². The summed E-state index contributed by atoms with van der Waals surface area (Å²) in [6.07, 6.45) is 2.74. The SMILES string of the molecule is CC[C@@]12CC(C(=O)OC)=C3Nc4cc5c(cc4[C@@]34CCN(C[C@H]3O[C@H]31)[C@@H]24)[C@@H]1[C@H](O5)[C@@H](O)[C@@]2(CC)CC(C(=O)OC)=C3Nc4c(ccc(OC)c4O)[C@@]34CCN1[C@@H]24. The van der Waals surface area contributed by atoms with Crippen molar-refractivity contribution in [3.8, 4) is 17.2 Å². The van der Waals surface area contributed by atoms with E-state index in [1.165, 1.54) is 26.9 Å². The average molecular weight is 765 g/mol. The maximum Gasteiger partial charge on any atom is 0.335 e. The van der Waals surface area contributed by atoms with E-state index < -0.39 is 34.4 Å². The highest BCUT2D eigenvalue weighted by Crippen LogP contribution is 2.72. The Balaban J connectivity index is 1.05. The van der Waals surface area contributed by atoms with Gasteiger partial charge in [-0.3, -0.25) is 9.80 Å². The zero-order chi connectivity index (χ0) is 38.4. The molecule has 2 aliphatic carbocycles. The van der Waals surface area contributed by atoms with Crippen molar-refractivity contribution in [2.75, 3.05) is 51.6 Å². The molecular weight excluding hydrogens is 716 g/mol. The number of nitrogens with one attached hydrogen (secondary N) is 2. The van der Waals surface area contributed by atoms with Crippen LogP contribution in [0, 0.1) is 10.8 Å². The number of rotatable bonds is 5. The number of ether oxygens (including phenoxy) is 5. The Bertz CT molecular complexity index is 2270. The van der Waals surface area contributed by atoms with Gasteiger partial charge in [0.2, 0.25) is 0 Å². The van der Waals surface area contributed by atoms with E-state index in [-0.39, 0.29) is 47.5 Å². The third-order valence-corrected chi connectivity index (χ3v) is 16.7. The second-order valence-electron chi connectivity index (χ2n) is 18.0. The second kappa shape index (κ2) is 10.6. The fourth-order valence-corrected chi connectivity index (χ4v) is 14.6. The molecule has 8 aliphatic heterocycles. The van der Waals surface area contributed by atoms with Crippen molar-refractivity contribution in [1.29, 1.82) is 0 Å². The van der Waals surface area contributed by atoms with Gasteiger partial charge in [0.1, 0.15) is 18.0 Å². The van der Waals surface area contributed by atoms with Crippen LogP contribution in [-0.4, -0.2) is 109 Å². The number of aliphatic hydroxyl groups excluding tert-OH is 1. The molecule has 10 aliphatic rings. The van der Waals surface area contributed by atoms with Crippen LogP contribution in [0.2, 0.25) is 0 Å². The van der Waals surface area contributed by atoms with Gasteiger partial charge in [-0.2, -0.15) is 0 Å². The average Bonchev–Trinajstić information content (AvgIpc) is 3.57. The fraction of sp³-hybridized carbons (Fsp3) is 0.581. The Kier molecular flexibility index (Phi) is 6.40. The Labute approximate surface area is 324 Å². The molecule has 0 saturated carbocycles. The summed E-state index contributed by atoms with van der Waals surface area (Å²) < 4.78 is 29.8. The van der Waals surface area contributed by atoms with E-state index in [4.69, 9.17) is 23.7 Å². The molecule has 12 rings (SSSR count). The van der Waals surface area contributed by atoms with Gasteiger partial charge in [0.05, 0.1) is 67.2 Å². The molecule has 0 radical (unpaired) electrons. The number of benzene rings is 2. The molecule has 5 saturated heterocycles. The summed E-state index contributed by atoms with van der Waals surface area (Å²) in [6.45, 7) is 6.84. The molecular formula is C43H48N4O9. The molecule has 0 aromatic heterocycles. The molecule has 0 amide bonds. The first-order valence-electron chi connectivity index (χ1n) is 20.3. The van der Waals surface area contributed by atoms with Crippen LogP contribution in [0.1, 0.15) is 75.1 Å². The third kappa shape index (κ3) is 3.46. The van der Waals surface area contributed by atoms with E-state index in [0.717, 1.165) is 65.5 Å². The van der Waals surface area contributed by atoms with E-state index in [9.17, 15) is 19.8 Å². The molecule has 56 heavy (non-hydrogen) atoms. The number of methoxy groups -OCH3 is 3. The van der Waals surface area contributed by atoms with Crippen LogP contribution in [0.5, 0.6) is 17.2 Å². The largest absolute Gasteiger partial charge is 0.503 e. The zero-order valence-electron chi connectivity index (χ0n) is 32.4. The van der Waals surface area contributed by atoms with Gasteiger partial charge in [-0.25, -0.2) is 9.59 Å². The van der Waals surface area contributed by atoms with Gasteiger partial charge in [0, 0.05) is 64.7 Å². The van der Waals surface area contributed by atoms with Crippen LogP contribution in [0.25, 0.3) is 0 Å². The molecule has 4 N–H and O–H groups in total. The maximum absolute atomic E-state index is 13.7. The molecule has 0 unspecified atom stereocenters. The molecule has 0 bridgehead atoms. The quantitative estimate of drug-likeness (QED) is 0.197. The van der Waals surface area contributed by atoms with Crippen LogP contribution in [0.4, 0.5) is 11.4 Å². The first kappa shape index (κ1) is 33.8. The fourth-order valence-electron chi connectivity index (χ4n) is 14.6. The van der Waals surface area contributed by atoms with E-state index in [2.05, 4.69) is 46.4 Å². The van der Waals surface area contributed by atoms with Gasteiger partial charge in [-0.1, -0.05) is 19.9 Å². The summed E-state index contributed by atoms with van der Waals surface area (Å²) in [7, 11) is 4.39. The molecule has 5 fully saturated rings. The van der Waals surface area contributed by atoms with E-state index in [1.54, 1.807) is 6.07 Å². The lowest BCUT2D eigenvalue weighted by atomic mass is 9.51. The molecule has 294 valence electrons. The zero-order valence-corrected chi connectivity index (χ0v) is 32.4. The Morgan fingerprint density at radius 1 is 0.911 bits per heavy atom. The van der Waals surface area contributed by atoms with Gasteiger partial charge < -0.3 is 44.5 Å². The first-order valence-corrected chi connectivity index (χ1v) is 20.3. The Morgan fingerprint density at radius 3 is 2.32 bits per heavy atom. The van der Waals surface area contributed by atoms with Crippen LogP contribution in [0.15, 0.2) is 46.8 Å².